The van der Waals surface area contributed by atoms with E-state index in [1.807, 2.05) is 0 Å². The minimum Gasteiger partial charge on any atom is -0.481 e. The highest BCUT2D eigenvalue weighted by atomic mass is 32.2. The van der Waals surface area contributed by atoms with Crippen LogP contribution in [0.4, 0.5) is 0 Å². The molecule has 0 bridgehead atoms. The molecule has 0 saturated heterocycles. The van der Waals surface area contributed by atoms with Crippen LogP contribution in [-0.2, 0) is 14.8 Å². The standard InChI is InChI=1S/C9H19NO5S/c1-8(11)5-6-10(2)16(14,15)7-3-4-9(12)13/h8,11H,3-7H2,1-2H3,(H,12,13). The van der Waals surface area contributed by atoms with Crippen molar-refractivity contribution in [3.8, 4) is 0 Å². The molecular formula is C9H19NO5S. The van der Waals surface area contributed by atoms with E-state index in [1.165, 1.54) is 7.05 Å². The molecule has 0 saturated carbocycles. The van der Waals surface area contributed by atoms with Crippen molar-refractivity contribution in [3.63, 3.8) is 0 Å². The average Bonchev–Trinajstić information content (AvgIpc) is 2.12. The zero-order valence-electron chi connectivity index (χ0n) is 9.59. The Kier molecular flexibility index (Phi) is 6.54. The highest BCUT2D eigenvalue weighted by Crippen LogP contribution is 2.04. The summed E-state index contributed by atoms with van der Waals surface area (Å²) < 4.78 is 24.3. The number of aliphatic hydroxyl groups is 1. The van der Waals surface area contributed by atoms with Crippen molar-refractivity contribution in [1.82, 2.24) is 4.31 Å². The van der Waals surface area contributed by atoms with Crippen molar-refractivity contribution in [3.05, 3.63) is 0 Å². The minimum absolute atomic E-state index is 0.108. The lowest BCUT2D eigenvalue weighted by Crippen LogP contribution is -2.31. The van der Waals surface area contributed by atoms with Crippen LogP contribution >= 0.6 is 0 Å². The number of aliphatic hydroxyl groups excluding tert-OH is 1. The summed E-state index contributed by atoms with van der Waals surface area (Å²) in [5.74, 6) is -1.17. The molecule has 0 fully saturated rings. The molecular weight excluding hydrogens is 234 g/mol. The molecule has 0 aromatic carbocycles. The van der Waals surface area contributed by atoms with E-state index in [0.717, 1.165) is 4.31 Å². The Morgan fingerprint density at radius 3 is 2.44 bits per heavy atom. The molecule has 16 heavy (non-hydrogen) atoms. The SMILES string of the molecule is CC(O)CCN(C)S(=O)(=O)CCCC(=O)O. The lowest BCUT2D eigenvalue weighted by Gasteiger charge is -2.17. The van der Waals surface area contributed by atoms with Gasteiger partial charge in [0, 0.05) is 20.0 Å². The minimum atomic E-state index is -3.39. The number of aliphatic carboxylic acids is 1. The summed E-state index contributed by atoms with van der Waals surface area (Å²) in [6.07, 6.45) is -0.217. The molecule has 1 atom stereocenters. The molecule has 96 valence electrons. The average molecular weight is 253 g/mol. The molecule has 0 rings (SSSR count). The summed E-state index contributed by atoms with van der Waals surface area (Å²) in [5, 5.41) is 17.4. The van der Waals surface area contributed by atoms with Gasteiger partial charge >= 0.3 is 5.97 Å². The summed E-state index contributed by atoms with van der Waals surface area (Å²) in [6, 6.07) is 0. The van der Waals surface area contributed by atoms with E-state index in [4.69, 9.17) is 10.2 Å². The van der Waals surface area contributed by atoms with Gasteiger partial charge in [0.1, 0.15) is 0 Å². The van der Waals surface area contributed by atoms with E-state index in [9.17, 15) is 13.2 Å². The van der Waals surface area contributed by atoms with E-state index in [2.05, 4.69) is 0 Å². The van der Waals surface area contributed by atoms with Crippen LogP contribution in [0.1, 0.15) is 26.2 Å². The van der Waals surface area contributed by atoms with E-state index in [1.54, 1.807) is 6.92 Å². The Morgan fingerprint density at radius 1 is 1.44 bits per heavy atom. The molecule has 0 radical (unpaired) electrons. The Labute approximate surface area is 95.9 Å². The zero-order valence-corrected chi connectivity index (χ0v) is 10.4. The van der Waals surface area contributed by atoms with Crippen molar-refractivity contribution >= 4 is 16.0 Å². The molecule has 0 spiro atoms. The molecule has 2 N–H and O–H groups in total. The summed E-state index contributed by atoms with van der Waals surface area (Å²) in [4.78, 5) is 10.2. The number of sulfonamides is 1. The van der Waals surface area contributed by atoms with Crippen molar-refractivity contribution in [1.29, 1.82) is 0 Å². The number of hydrogen-bond donors (Lipinski definition) is 2. The highest BCUT2D eigenvalue weighted by Gasteiger charge is 2.18. The van der Waals surface area contributed by atoms with Crippen LogP contribution in [0.3, 0.4) is 0 Å². The monoisotopic (exact) mass is 253 g/mol. The van der Waals surface area contributed by atoms with Gasteiger partial charge in [0.2, 0.25) is 10.0 Å². The Morgan fingerprint density at radius 2 is 2.00 bits per heavy atom. The smallest absolute Gasteiger partial charge is 0.303 e. The number of carboxylic acid groups (broad SMARTS) is 1. The van der Waals surface area contributed by atoms with E-state index in [0.29, 0.717) is 6.42 Å². The van der Waals surface area contributed by atoms with E-state index < -0.39 is 22.1 Å². The van der Waals surface area contributed by atoms with Crippen LogP contribution in [0.15, 0.2) is 0 Å². The normalized spacial score (nSPS) is 14.0. The van der Waals surface area contributed by atoms with E-state index in [-0.39, 0.29) is 25.1 Å². The lowest BCUT2D eigenvalue weighted by atomic mass is 10.3. The molecule has 0 aliphatic rings. The molecule has 0 heterocycles. The maximum absolute atomic E-state index is 11.6. The fraction of sp³-hybridized carbons (Fsp3) is 0.889. The zero-order chi connectivity index (χ0) is 12.8. The Hall–Kier alpha value is -0.660. The first-order chi connectivity index (χ1) is 7.25. The fourth-order valence-corrected chi connectivity index (χ4v) is 2.27. The highest BCUT2D eigenvalue weighted by molar-refractivity contribution is 7.89. The second kappa shape index (κ2) is 6.82. The van der Waals surface area contributed by atoms with Crippen LogP contribution in [0.2, 0.25) is 0 Å². The quantitative estimate of drug-likeness (QED) is 0.629. The maximum Gasteiger partial charge on any atom is 0.303 e. The van der Waals surface area contributed by atoms with Crippen molar-refractivity contribution < 1.29 is 23.4 Å². The van der Waals surface area contributed by atoms with Gasteiger partial charge in [0.25, 0.3) is 0 Å². The molecule has 0 aromatic rings. The van der Waals surface area contributed by atoms with Gasteiger partial charge in [-0.3, -0.25) is 4.79 Å². The molecule has 0 aliphatic carbocycles. The van der Waals surface area contributed by atoms with Gasteiger partial charge in [-0.25, -0.2) is 12.7 Å². The van der Waals surface area contributed by atoms with Crippen LogP contribution in [0.5, 0.6) is 0 Å². The molecule has 1 unspecified atom stereocenters. The first kappa shape index (κ1) is 15.3. The third-order valence-electron chi connectivity index (χ3n) is 2.13. The second-order valence-corrected chi connectivity index (χ2v) is 5.97. The van der Waals surface area contributed by atoms with Gasteiger partial charge < -0.3 is 10.2 Å². The number of carbonyl (C=O) groups is 1. The number of rotatable bonds is 8. The van der Waals surface area contributed by atoms with Gasteiger partial charge in [0.15, 0.2) is 0 Å². The van der Waals surface area contributed by atoms with Crippen LogP contribution in [0.25, 0.3) is 0 Å². The van der Waals surface area contributed by atoms with Gasteiger partial charge in [-0.15, -0.1) is 0 Å². The first-order valence-electron chi connectivity index (χ1n) is 5.09. The van der Waals surface area contributed by atoms with Gasteiger partial charge in [-0.1, -0.05) is 0 Å². The van der Waals surface area contributed by atoms with Crippen molar-refractivity contribution in [2.24, 2.45) is 0 Å². The van der Waals surface area contributed by atoms with Gasteiger partial charge in [-0.2, -0.15) is 0 Å². The summed E-state index contributed by atoms with van der Waals surface area (Å²) >= 11 is 0. The number of hydrogen-bond acceptors (Lipinski definition) is 4. The van der Waals surface area contributed by atoms with Gasteiger partial charge in [0.05, 0.1) is 11.9 Å². The predicted octanol–water partition coefficient (Wildman–Crippen LogP) is -0.116. The third-order valence-corrected chi connectivity index (χ3v) is 4.07. The van der Waals surface area contributed by atoms with Crippen LogP contribution < -0.4 is 0 Å². The topological polar surface area (TPSA) is 94.9 Å². The number of carboxylic acids is 1. The molecule has 6 nitrogen and oxygen atoms in total. The summed E-state index contributed by atoms with van der Waals surface area (Å²) in [5.41, 5.74) is 0. The third kappa shape index (κ3) is 6.76. The molecule has 7 heteroatoms. The van der Waals surface area contributed by atoms with Crippen LogP contribution in [0, 0.1) is 0 Å². The summed E-state index contributed by atoms with van der Waals surface area (Å²) in [6.45, 7) is 1.83. The van der Waals surface area contributed by atoms with Crippen molar-refractivity contribution in [2.75, 3.05) is 19.3 Å². The van der Waals surface area contributed by atoms with Gasteiger partial charge in [-0.05, 0) is 19.8 Å². The predicted molar refractivity (Wildman–Crippen MR) is 59.6 cm³/mol. The molecule has 0 amide bonds. The Bertz CT molecular complexity index is 312. The van der Waals surface area contributed by atoms with E-state index >= 15 is 0 Å². The fourth-order valence-electron chi connectivity index (χ4n) is 1.07. The first-order valence-corrected chi connectivity index (χ1v) is 6.70. The summed E-state index contributed by atoms with van der Waals surface area (Å²) in [7, 11) is -1.96. The number of nitrogens with zero attached hydrogens (tertiary/aromatic N) is 1. The largest absolute Gasteiger partial charge is 0.481 e. The van der Waals surface area contributed by atoms with Crippen LogP contribution in [-0.4, -0.2) is 54.4 Å². The molecule has 0 aliphatic heterocycles. The lowest BCUT2D eigenvalue weighted by molar-refractivity contribution is -0.137. The van der Waals surface area contributed by atoms with Crippen molar-refractivity contribution in [2.45, 2.75) is 32.3 Å². The second-order valence-electron chi connectivity index (χ2n) is 3.77. The Balaban J connectivity index is 4.06. The molecule has 0 aromatic heterocycles. The maximum atomic E-state index is 11.6.